The molecule has 3 rings (SSSR count). The third-order valence-electron chi connectivity index (χ3n) is 4.49. The van der Waals surface area contributed by atoms with Gasteiger partial charge in [-0.1, -0.05) is 56.3 Å². The van der Waals surface area contributed by atoms with Gasteiger partial charge in [-0.05, 0) is 23.3 Å². The highest BCUT2D eigenvalue weighted by atomic mass is 32.2. The Morgan fingerprint density at radius 1 is 1.19 bits per heavy atom. The van der Waals surface area contributed by atoms with Crippen LogP contribution in [-0.2, 0) is 16.1 Å². The molecule has 1 N–H and O–H groups in total. The molecule has 1 heterocycles. The SMILES string of the molecule is CC(C)C(=O)N1C(C(=O)NCc2ccccc2)CSC1c1cccc(F)c1. The Balaban J connectivity index is 1.79. The van der Waals surface area contributed by atoms with Crippen LogP contribution in [0.25, 0.3) is 0 Å². The molecule has 2 aromatic rings. The molecule has 27 heavy (non-hydrogen) atoms. The molecule has 0 saturated carbocycles. The number of nitrogens with zero attached hydrogens (tertiary/aromatic N) is 1. The fourth-order valence-corrected chi connectivity index (χ4v) is 4.52. The van der Waals surface area contributed by atoms with Crippen LogP contribution >= 0.6 is 11.8 Å². The van der Waals surface area contributed by atoms with E-state index in [1.165, 1.54) is 23.9 Å². The van der Waals surface area contributed by atoms with Crippen molar-refractivity contribution in [3.63, 3.8) is 0 Å². The van der Waals surface area contributed by atoms with Crippen molar-refractivity contribution in [2.75, 3.05) is 5.75 Å². The molecule has 2 aromatic carbocycles. The number of hydrogen-bond donors (Lipinski definition) is 1. The van der Waals surface area contributed by atoms with E-state index in [4.69, 9.17) is 0 Å². The monoisotopic (exact) mass is 386 g/mol. The van der Waals surface area contributed by atoms with Crippen molar-refractivity contribution >= 4 is 23.6 Å². The molecular formula is C21H23FN2O2S. The summed E-state index contributed by atoms with van der Waals surface area (Å²) in [6.07, 6.45) is 0. The highest BCUT2D eigenvalue weighted by Gasteiger charge is 2.42. The minimum atomic E-state index is -0.568. The van der Waals surface area contributed by atoms with Gasteiger partial charge in [0.2, 0.25) is 11.8 Å². The van der Waals surface area contributed by atoms with E-state index in [-0.39, 0.29) is 28.9 Å². The number of nitrogens with one attached hydrogen (secondary N) is 1. The first-order valence-electron chi connectivity index (χ1n) is 8.98. The summed E-state index contributed by atoms with van der Waals surface area (Å²) in [6, 6.07) is 15.3. The highest BCUT2D eigenvalue weighted by Crippen LogP contribution is 2.42. The molecule has 2 unspecified atom stereocenters. The second-order valence-corrected chi connectivity index (χ2v) is 7.97. The summed E-state index contributed by atoms with van der Waals surface area (Å²) in [5.41, 5.74) is 1.70. The largest absolute Gasteiger partial charge is 0.350 e. The number of thioether (sulfide) groups is 1. The van der Waals surface area contributed by atoms with E-state index in [1.807, 2.05) is 44.2 Å². The zero-order valence-corrected chi connectivity index (χ0v) is 16.2. The predicted octanol–water partition coefficient (Wildman–Crippen LogP) is 3.74. The number of benzene rings is 2. The van der Waals surface area contributed by atoms with Gasteiger partial charge in [-0.2, -0.15) is 0 Å². The van der Waals surface area contributed by atoms with Crippen molar-refractivity contribution in [2.24, 2.45) is 5.92 Å². The van der Waals surface area contributed by atoms with Crippen LogP contribution < -0.4 is 5.32 Å². The predicted molar refractivity (Wildman–Crippen MR) is 105 cm³/mol. The number of hydrogen-bond acceptors (Lipinski definition) is 3. The number of carbonyl (C=O) groups excluding carboxylic acids is 2. The maximum Gasteiger partial charge on any atom is 0.243 e. The first kappa shape index (κ1) is 19.4. The van der Waals surface area contributed by atoms with Crippen molar-refractivity contribution in [1.29, 1.82) is 0 Å². The Kier molecular flexibility index (Phi) is 6.16. The molecule has 6 heteroatoms. The van der Waals surface area contributed by atoms with E-state index in [0.717, 1.165) is 5.56 Å². The average Bonchev–Trinajstić information content (AvgIpc) is 3.11. The van der Waals surface area contributed by atoms with Crippen LogP contribution in [0.4, 0.5) is 4.39 Å². The highest BCUT2D eigenvalue weighted by molar-refractivity contribution is 7.99. The van der Waals surface area contributed by atoms with Crippen molar-refractivity contribution in [3.8, 4) is 0 Å². The molecule has 0 aliphatic carbocycles. The van der Waals surface area contributed by atoms with Gasteiger partial charge in [-0.15, -0.1) is 11.8 Å². The molecule has 0 bridgehead atoms. The van der Waals surface area contributed by atoms with Crippen LogP contribution in [0, 0.1) is 11.7 Å². The fraction of sp³-hybridized carbons (Fsp3) is 0.333. The zero-order chi connectivity index (χ0) is 19.4. The molecule has 1 fully saturated rings. The van der Waals surface area contributed by atoms with Gasteiger partial charge < -0.3 is 10.2 Å². The Hall–Kier alpha value is -2.34. The Morgan fingerprint density at radius 2 is 1.93 bits per heavy atom. The van der Waals surface area contributed by atoms with Gasteiger partial charge in [-0.25, -0.2) is 4.39 Å². The molecule has 4 nitrogen and oxygen atoms in total. The maximum atomic E-state index is 13.7. The summed E-state index contributed by atoms with van der Waals surface area (Å²) in [5, 5.41) is 2.57. The van der Waals surface area contributed by atoms with Crippen LogP contribution in [-0.4, -0.2) is 28.5 Å². The van der Waals surface area contributed by atoms with Gasteiger partial charge in [0.25, 0.3) is 0 Å². The molecule has 0 aromatic heterocycles. The number of halogens is 1. The van der Waals surface area contributed by atoms with Crippen molar-refractivity contribution in [2.45, 2.75) is 31.8 Å². The smallest absolute Gasteiger partial charge is 0.243 e. The molecule has 0 spiro atoms. The lowest BCUT2D eigenvalue weighted by molar-refractivity contribution is -0.142. The molecule has 1 saturated heterocycles. The molecule has 2 amide bonds. The molecular weight excluding hydrogens is 363 g/mol. The Labute approximate surface area is 163 Å². The topological polar surface area (TPSA) is 49.4 Å². The summed E-state index contributed by atoms with van der Waals surface area (Å²) < 4.78 is 13.7. The molecule has 2 atom stereocenters. The second-order valence-electron chi connectivity index (χ2n) is 6.86. The number of carbonyl (C=O) groups is 2. The molecule has 0 radical (unpaired) electrons. The van der Waals surface area contributed by atoms with E-state index >= 15 is 0 Å². The van der Waals surface area contributed by atoms with Crippen LogP contribution in [0.15, 0.2) is 54.6 Å². The van der Waals surface area contributed by atoms with Gasteiger partial charge in [0.15, 0.2) is 0 Å². The van der Waals surface area contributed by atoms with Crippen LogP contribution in [0.3, 0.4) is 0 Å². The molecule has 1 aliphatic heterocycles. The zero-order valence-electron chi connectivity index (χ0n) is 15.4. The van der Waals surface area contributed by atoms with Gasteiger partial charge in [0.1, 0.15) is 17.2 Å². The van der Waals surface area contributed by atoms with Crippen LogP contribution in [0.1, 0.15) is 30.3 Å². The van der Waals surface area contributed by atoms with Gasteiger partial charge in [-0.3, -0.25) is 9.59 Å². The van der Waals surface area contributed by atoms with Gasteiger partial charge >= 0.3 is 0 Å². The van der Waals surface area contributed by atoms with E-state index in [1.54, 1.807) is 17.0 Å². The average molecular weight is 386 g/mol. The van der Waals surface area contributed by atoms with E-state index in [9.17, 15) is 14.0 Å². The van der Waals surface area contributed by atoms with Crippen molar-refractivity contribution in [1.82, 2.24) is 10.2 Å². The van der Waals surface area contributed by atoms with Gasteiger partial charge in [0, 0.05) is 18.2 Å². The first-order valence-corrected chi connectivity index (χ1v) is 10.0. The third kappa shape index (κ3) is 4.50. The summed E-state index contributed by atoms with van der Waals surface area (Å²) in [7, 11) is 0. The summed E-state index contributed by atoms with van der Waals surface area (Å²) in [6.45, 7) is 4.04. The normalized spacial score (nSPS) is 19.3. The minimum absolute atomic E-state index is 0.103. The van der Waals surface area contributed by atoms with E-state index in [2.05, 4.69) is 5.32 Å². The van der Waals surface area contributed by atoms with Crippen molar-refractivity contribution in [3.05, 3.63) is 71.5 Å². The quantitative estimate of drug-likeness (QED) is 0.852. The number of amides is 2. The summed E-state index contributed by atoms with van der Waals surface area (Å²) in [5.74, 6) is -0.389. The second kappa shape index (κ2) is 8.57. The van der Waals surface area contributed by atoms with E-state index in [0.29, 0.717) is 17.9 Å². The first-order chi connectivity index (χ1) is 13.0. The third-order valence-corrected chi connectivity index (χ3v) is 5.82. The van der Waals surface area contributed by atoms with E-state index < -0.39 is 6.04 Å². The lowest BCUT2D eigenvalue weighted by Crippen LogP contribution is -2.49. The number of rotatable bonds is 5. The van der Waals surface area contributed by atoms with Crippen molar-refractivity contribution < 1.29 is 14.0 Å². The minimum Gasteiger partial charge on any atom is -0.350 e. The summed E-state index contributed by atoms with van der Waals surface area (Å²) >= 11 is 1.49. The standard InChI is InChI=1S/C21H23FN2O2S/c1-14(2)20(26)24-18(19(25)23-12-15-7-4-3-5-8-15)13-27-21(24)16-9-6-10-17(22)11-16/h3-11,14,18,21H,12-13H2,1-2H3,(H,23,25). The van der Waals surface area contributed by atoms with Crippen LogP contribution in [0.2, 0.25) is 0 Å². The summed E-state index contributed by atoms with van der Waals surface area (Å²) in [4.78, 5) is 27.3. The lowest BCUT2D eigenvalue weighted by Gasteiger charge is -2.30. The fourth-order valence-electron chi connectivity index (χ4n) is 3.10. The molecule has 142 valence electrons. The maximum absolute atomic E-state index is 13.7. The molecule has 1 aliphatic rings. The Bertz CT molecular complexity index is 813. The Morgan fingerprint density at radius 3 is 2.59 bits per heavy atom. The van der Waals surface area contributed by atoms with Crippen LogP contribution in [0.5, 0.6) is 0 Å². The van der Waals surface area contributed by atoms with Gasteiger partial charge in [0.05, 0.1) is 0 Å². The lowest BCUT2D eigenvalue weighted by atomic mass is 10.1.